The molecule has 0 radical (unpaired) electrons. The molecule has 120 valence electrons. The molecule has 0 saturated heterocycles. The summed E-state index contributed by atoms with van der Waals surface area (Å²) in [6, 6.07) is 24.3. The van der Waals surface area contributed by atoms with Crippen molar-refractivity contribution in [3.05, 3.63) is 82.3 Å². The third kappa shape index (κ3) is 2.93. The summed E-state index contributed by atoms with van der Waals surface area (Å²) in [6.07, 6.45) is 4.02. The van der Waals surface area contributed by atoms with Gasteiger partial charge in [-0.05, 0) is 77.3 Å². The minimum absolute atomic E-state index is 0.730. The monoisotopic (exact) mass is 376 g/mol. The topological polar surface area (TPSA) is 0 Å². The number of benzene rings is 3. The minimum Gasteiger partial charge on any atom is -0.0622 e. The van der Waals surface area contributed by atoms with Crippen molar-refractivity contribution in [3.63, 3.8) is 0 Å². The molecule has 0 aliphatic heterocycles. The van der Waals surface area contributed by atoms with Crippen molar-refractivity contribution in [2.75, 3.05) is 0 Å². The minimum atomic E-state index is 0.730. The Kier molecular flexibility index (Phi) is 4.28. The predicted molar refractivity (Wildman–Crippen MR) is 106 cm³/mol. The number of hydrogen-bond donors (Lipinski definition) is 0. The van der Waals surface area contributed by atoms with E-state index in [9.17, 15) is 0 Å². The Morgan fingerprint density at radius 1 is 0.792 bits per heavy atom. The number of halogens is 1. The van der Waals surface area contributed by atoms with Gasteiger partial charge in [-0.15, -0.1) is 0 Å². The van der Waals surface area contributed by atoms with Gasteiger partial charge in [0, 0.05) is 4.47 Å². The summed E-state index contributed by atoms with van der Waals surface area (Å²) in [6.45, 7) is 2.22. The van der Waals surface area contributed by atoms with Gasteiger partial charge in [-0.25, -0.2) is 0 Å². The SMILES string of the molecule is Cc1ccc(-c2ccccc2)cc1-c1cc(Br)ccc1C1CCC1. The van der Waals surface area contributed by atoms with E-state index in [2.05, 4.69) is 89.6 Å². The summed E-state index contributed by atoms with van der Waals surface area (Å²) in [5.74, 6) is 0.730. The van der Waals surface area contributed by atoms with Crippen LogP contribution in [0, 0.1) is 6.92 Å². The summed E-state index contributed by atoms with van der Waals surface area (Å²) >= 11 is 3.67. The fraction of sp³-hybridized carbons (Fsp3) is 0.217. The van der Waals surface area contributed by atoms with E-state index < -0.39 is 0 Å². The molecular formula is C23H21Br. The molecule has 0 unspecified atom stereocenters. The predicted octanol–water partition coefficient (Wildman–Crippen LogP) is 7.36. The molecule has 1 aliphatic rings. The van der Waals surface area contributed by atoms with Crippen LogP contribution in [0.4, 0.5) is 0 Å². The molecule has 0 heterocycles. The van der Waals surface area contributed by atoms with Crippen LogP contribution in [0.2, 0.25) is 0 Å². The largest absolute Gasteiger partial charge is 0.0622 e. The zero-order valence-electron chi connectivity index (χ0n) is 13.9. The van der Waals surface area contributed by atoms with Crippen LogP contribution in [-0.4, -0.2) is 0 Å². The van der Waals surface area contributed by atoms with Crippen LogP contribution < -0.4 is 0 Å². The Labute approximate surface area is 152 Å². The average molecular weight is 377 g/mol. The Morgan fingerprint density at radius 3 is 2.29 bits per heavy atom. The van der Waals surface area contributed by atoms with Gasteiger partial charge in [0.1, 0.15) is 0 Å². The Balaban J connectivity index is 1.86. The van der Waals surface area contributed by atoms with Gasteiger partial charge < -0.3 is 0 Å². The molecule has 1 heteroatoms. The molecule has 3 aromatic rings. The van der Waals surface area contributed by atoms with Crippen molar-refractivity contribution in [2.45, 2.75) is 32.1 Å². The first-order valence-electron chi connectivity index (χ1n) is 8.68. The van der Waals surface area contributed by atoms with Crippen molar-refractivity contribution in [2.24, 2.45) is 0 Å². The lowest BCUT2D eigenvalue weighted by Gasteiger charge is -2.28. The highest BCUT2D eigenvalue weighted by molar-refractivity contribution is 9.10. The smallest absolute Gasteiger partial charge is 0.0181 e. The average Bonchev–Trinajstić information content (AvgIpc) is 2.56. The molecule has 0 atom stereocenters. The third-order valence-corrected chi connectivity index (χ3v) is 5.69. The van der Waals surface area contributed by atoms with Gasteiger partial charge in [-0.2, -0.15) is 0 Å². The maximum atomic E-state index is 3.67. The van der Waals surface area contributed by atoms with Gasteiger partial charge in [-0.1, -0.05) is 70.9 Å². The Morgan fingerprint density at radius 2 is 1.58 bits per heavy atom. The van der Waals surface area contributed by atoms with Crippen molar-refractivity contribution >= 4 is 15.9 Å². The molecule has 0 nitrogen and oxygen atoms in total. The van der Waals surface area contributed by atoms with E-state index in [4.69, 9.17) is 0 Å². The first-order chi connectivity index (χ1) is 11.7. The fourth-order valence-electron chi connectivity index (χ4n) is 3.56. The zero-order valence-corrected chi connectivity index (χ0v) is 15.5. The second kappa shape index (κ2) is 6.57. The van der Waals surface area contributed by atoms with Crippen LogP contribution in [0.1, 0.15) is 36.3 Å². The van der Waals surface area contributed by atoms with Crippen LogP contribution in [0.15, 0.2) is 71.2 Å². The van der Waals surface area contributed by atoms with E-state index in [-0.39, 0.29) is 0 Å². The van der Waals surface area contributed by atoms with Crippen molar-refractivity contribution in [3.8, 4) is 22.3 Å². The standard InChI is InChI=1S/C23H21Br/c1-16-10-11-19(17-6-3-2-4-7-17)14-22(16)23-15-20(24)12-13-21(23)18-8-5-9-18/h2-4,6-7,10-15,18H,5,8-9H2,1H3. The molecule has 1 fully saturated rings. The maximum absolute atomic E-state index is 3.67. The van der Waals surface area contributed by atoms with Crippen molar-refractivity contribution in [1.82, 2.24) is 0 Å². The van der Waals surface area contributed by atoms with Gasteiger partial charge in [0.15, 0.2) is 0 Å². The summed E-state index contributed by atoms with van der Waals surface area (Å²) in [4.78, 5) is 0. The van der Waals surface area contributed by atoms with Gasteiger partial charge in [0.25, 0.3) is 0 Å². The maximum Gasteiger partial charge on any atom is 0.0181 e. The highest BCUT2D eigenvalue weighted by atomic mass is 79.9. The highest BCUT2D eigenvalue weighted by Crippen LogP contribution is 2.43. The normalized spacial score (nSPS) is 14.4. The first kappa shape index (κ1) is 15.7. The molecule has 1 saturated carbocycles. The van der Waals surface area contributed by atoms with Crippen molar-refractivity contribution in [1.29, 1.82) is 0 Å². The van der Waals surface area contributed by atoms with Gasteiger partial charge in [0.2, 0.25) is 0 Å². The lowest BCUT2D eigenvalue weighted by molar-refractivity contribution is 0.420. The summed E-state index contributed by atoms with van der Waals surface area (Å²) in [5.41, 5.74) is 8.17. The van der Waals surface area contributed by atoms with E-state index >= 15 is 0 Å². The molecule has 0 aromatic heterocycles. The van der Waals surface area contributed by atoms with E-state index in [1.807, 2.05) is 0 Å². The summed E-state index contributed by atoms with van der Waals surface area (Å²) in [5, 5.41) is 0. The molecule has 0 N–H and O–H groups in total. The molecular weight excluding hydrogens is 356 g/mol. The Bertz CT molecular complexity index is 860. The molecule has 4 rings (SSSR count). The first-order valence-corrected chi connectivity index (χ1v) is 9.47. The lowest BCUT2D eigenvalue weighted by Crippen LogP contribution is -2.10. The third-order valence-electron chi connectivity index (χ3n) is 5.20. The van der Waals surface area contributed by atoms with E-state index in [0.717, 1.165) is 10.4 Å². The molecule has 1 aliphatic carbocycles. The van der Waals surface area contributed by atoms with E-state index in [1.165, 1.54) is 52.6 Å². The molecule has 24 heavy (non-hydrogen) atoms. The Hall–Kier alpha value is -1.86. The van der Waals surface area contributed by atoms with Crippen molar-refractivity contribution < 1.29 is 0 Å². The van der Waals surface area contributed by atoms with E-state index in [0.29, 0.717) is 0 Å². The van der Waals surface area contributed by atoms with E-state index in [1.54, 1.807) is 0 Å². The van der Waals surface area contributed by atoms with Gasteiger partial charge in [0.05, 0.1) is 0 Å². The van der Waals surface area contributed by atoms with Gasteiger partial charge >= 0.3 is 0 Å². The molecule has 0 bridgehead atoms. The van der Waals surface area contributed by atoms with Crippen LogP contribution in [0.5, 0.6) is 0 Å². The number of aryl methyl sites for hydroxylation is 1. The molecule has 3 aromatic carbocycles. The summed E-state index contributed by atoms with van der Waals surface area (Å²) < 4.78 is 1.16. The quantitative estimate of drug-likeness (QED) is 0.447. The van der Waals surface area contributed by atoms with Crippen LogP contribution >= 0.6 is 15.9 Å². The molecule has 0 spiro atoms. The van der Waals surface area contributed by atoms with Gasteiger partial charge in [-0.3, -0.25) is 0 Å². The second-order valence-electron chi connectivity index (χ2n) is 6.76. The second-order valence-corrected chi connectivity index (χ2v) is 7.67. The van der Waals surface area contributed by atoms with Crippen LogP contribution in [-0.2, 0) is 0 Å². The fourth-order valence-corrected chi connectivity index (χ4v) is 3.92. The highest BCUT2D eigenvalue weighted by Gasteiger charge is 2.23. The number of rotatable bonds is 3. The van der Waals surface area contributed by atoms with Crippen LogP contribution in [0.25, 0.3) is 22.3 Å². The lowest BCUT2D eigenvalue weighted by atomic mass is 9.76. The van der Waals surface area contributed by atoms with Crippen LogP contribution in [0.3, 0.4) is 0 Å². The molecule has 0 amide bonds. The number of hydrogen-bond acceptors (Lipinski definition) is 0. The summed E-state index contributed by atoms with van der Waals surface area (Å²) in [7, 11) is 0. The zero-order chi connectivity index (χ0) is 16.5.